The lowest BCUT2D eigenvalue weighted by Crippen LogP contribution is -2.81. The van der Waals surface area contributed by atoms with E-state index in [1.54, 1.807) is 7.11 Å². The molecule has 2 saturated heterocycles. The van der Waals surface area contributed by atoms with Gasteiger partial charge in [0.05, 0.1) is 25.9 Å². The number of nitrogens with zero attached hydrogens (tertiary/aromatic N) is 3. The van der Waals surface area contributed by atoms with Gasteiger partial charge in [-0.1, -0.05) is 51.1 Å². The number of methoxy groups -OCH3 is 2. The fraction of sp³-hybridized carbons (Fsp3) is 0.609. The third kappa shape index (κ3) is 5.04. The first-order chi connectivity index (χ1) is 27.8. The Morgan fingerprint density at radius 1 is 1.02 bits per heavy atom. The van der Waals surface area contributed by atoms with Gasteiger partial charge >= 0.3 is 5.97 Å². The van der Waals surface area contributed by atoms with Gasteiger partial charge in [-0.15, -0.1) is 0 Å². The summed E-state index contributed by atoms with van der Waals surface area (Å²) in [5.74, 6) is -0.564. The highest BCUT2D eigenvalue weighted by atomic mass is 16.5. The number of fused-ring (bicyclic) bond motifs is 6. The lowest BCUT2D eigenvalue weighted by molar-refractivity contribution is -0.203. The zero-order valence-electron chi connectivity index (χ0n) is 34.9. The molecule has 9 rings (SSSR count). The Kier molecular flexibility index (Phi) is 9.41. The number of anilines is 1. The molecule has 1 amide bonds. The molecule has 1 saturated carbocycles. The van der Waals surface area contributed by atoms with Crippen LogP contribution in [0.2, 0.25) is 0 Å². The van der Waals surface area contributed by atoms with E-state index < -0.39 is 51.5 Å². The Morgan fingerprint density at radius 2 is 1.81 bits per heavy atom. The van der Waals surface area contributed by atoms with Crippen molar-refractivity contribution >= 4 is 28.5 Å². The summed E-state index contributed by atoms with van der Waals surface area (Å²) in [6, 6.07) is 11.3. The number of piperidine rings is 1. The monoisotopic (exact) mass is 795 g/mol. The maximum absolute atomic E-state index is 15.3. The number of hydrogen-bond donors (Lipinski definition) is 5. The fourth-order valence-corrected chi connectivity index (χ4v) is 13.4. The second-order valence-corrected chi connectivity index (χ2v) is 18.4. The third-order valence-corrected chi connectivity index (χ3v) is 15.7. The molecule has 58 heavy (non-hydrogen) atoms. The SMILES string of the molecule is CCCNC(=O)C1(O)[C@@H]2N(C)c3cc(OC)c([C@@]4(C(=O)OC)CC5CN(CCc6c4[nH]c4ccccc64)C[C@](O)(CC)C5)cc3C23CCN2CC=C[C@](CC)([C@H]23)[C@H]1O. The first kappa shape index (κ1) is 39.5. The van der Waals surface area contributed by atoms with Crippen LogP contribution in [0.15, 0.2) is 48.6 Å². The molecule has 12 heteroatoms. The highest BCUT2D eigenvalue weighted by Gasteiger charge is 2.78. The maximum atomic E-state index is 15.3. The quantitative estimate of drug-likeness (QED) is 0.169. The number of aromatic amines is 1. The second-order valence-electron chi connectivity index (χ2n) is 18.4. The highest BCUT2D eigenvalue weighted by Crippen LogP contribution is 2.67. The summed E-state index contributed by atoms with van der Waals surface area (Å²) in [5, 5.41) is 41.8. The highest BCUT2D eigenvalue weighted by molar-refractivity contribution is 5.95. The minimum atomic E-state index is -2.18. The zero-order chi connectivity index (χ0) is 41.0. The van der Waals surface area contributed by atoms with E-state index in [9.17, 15) is 20.1 Å². The first-order valence-electron chi connectivity index (χ1n) is 21.5. The number of esters is 1. The van der Waals surface area contributed by atoms with Gasteiger partial charge in [-0.3, -0.25) is 19.4 Å². The number of ether oxygens (including phenoxy) is 2. The molecule has 2 bridgehead atoms. The molecule has 6 aliphatic rings. The Bertz CT molecular complexity index is 2170. The minimum absolute atomic E-state index is 0.0721. The number of likely N-dealkylation sites (N-methyl/N-ethyl adjacent to an activating group) is 1. The van der Waals surface area contributed by atoms with Crippen molar-refractivity contribution in [3.05, 3.63) is 70.9 Å². The van der Waals surface area contributed by atoms with Crippen LogP contribution in [0.25, 0.3) is 10.9 Å². The molecular formula is C46H61N5O7. The van der Waals surface area contributed by atoms with Crippen LogP contribution in [-0.2, 0) is 31.6 Å². The summed E-state index contributed by atoms with van der Waals surface area (Å²) in [5.41, 5.74) is -1.10. The molecule has 3 aromatic rings. The molecule has 1 aromatic heterocycles. The Hall–Kier alpha value is -3.94. The molecule has 10 atom stereocenters. The minimum Gasteiger partial charge on any atom is -0.496 e. The predicted octanol–water partition coefficient (Wildman–Crippen LogP) is 3.77. The van der Waals surface area contributed by atoms with Crippen LogP contribution in [0.5, 0.6) is 5.75 Å². The van der Waals surface area contributed by atoms with Crippen LogP contribution in [0, 0.1) is 11.3 Å². The van der Waals surface area contributed by atoms with Crippen LogP contribution in [-0.4, -0.2) is 132 Å². The molecule has 4 unspecified atom stereocenters. The number of rotatable bonds is 8. The molecule has 2 aromatic carbocycles. The van der Waals surface area contributed by atoms with Gasteiger partial charge in [-0.2, -0.15) is 0 Å². The molecule has 6 heterocycles. The average molecular weight is 796 g/mol. The molecule has 1 spiro atoms. The molecule has 5 N–H and O–H groups in total. The number of nitrogens with one attached hydrogen (secondary N) is 2. The van der Waals surface area contributed by atoms with E-state index in [2.05, 4.69) is 50.5 Å². The van der Waals surface area contributed by atoms with Gasteiger partial charge in [0.2, 0.25) is 0 Å². The number of aliphatic hydroxyl groups excluding tert-OH is 1. The number of amides is 1. The van der Waals surface area contributed by atoms with Crippen molar-refractivity contribution in [2.24, 2.45) is 11.3 Å². The lowest BCUT2D eigenvalue weighted by atomic mass is 9.47. The van der Waals surface area contributed by atoms with Crippen molar-refractivity contribution in [1.82, 2.24) is 20.1 Å². The van der Waals surface area contributed by atoms with Crippen molar-refractivity contribution in [2.75, 3.05) is 65.4 Å². The van der Waals surface area contributed by atoms with Crippen molar-refractivity contribution in [2.45, 2.75) is 106 Å². The van der Waals surface area contributed by atoms with Gasteiger partial charge in [0, 0.05) is 90.6 Å². The number of para-hydroxylation sites is 1. The van der Waals surface area contributed by atoms with Crippen molar-refractivity contribution in [3.63, 3.8) is 0 Å². The van der Waals surface area contributed by atoms with Gasteiger partial charge in [0.25, 0.3) is 5.91 Å². The van der Waals surface area contributed by atoms with Gasteiger partial charge in [-0.25, -0.2) is 0 Å². The number of benzene rings is 2. The van der Waals surface area contributed by atoms with E-state index in [-0.39, 0.29) is 12.0 Å². The van der Waals surface area contributed by atoms with Crippen LogP contribution < -0.4 is 15.0 Å². The van der Waals surface area contributed by atoms with Gasteiger partial charge < -0.3 is 40.0 Å². The Balaban J connectivity index is 1.35. The van der Waals surface area contributed by atoms with Crippen molar-refractivity contribution in [3.8, 4) is 5.75 Å². The number of aliphatic hydroxyl groups is 3. The van der Waals surface area contributed by atoms with E-state index in [0.29, 0.717) is 82.4 Å². The Morgan fingerprint density at radius 3 is 2.53 bits per heavy atom. The van der Waals surface area contributed by atoms with Crippen LogP contribution in [0.1, 0.15) is 81.7 Å². The fourth-order valence-electron chi connectivity index (χ4n) is 13.4. The second kappa shape index (κ2) is 13.8. The summed E-state index contributed by atoms with van der Waals surface area (Å²) >= 11 is 0. The summed E-state index contributed by atoms with van der Waals surface area (Å²) in [6.07, 6.45) is 6.74. The van der Waals surface area contributed by atoms with Gasteiger partial charge in [0.15, 0.2) is 5.60 Å². The van der Waals surface area contributed by atoms with E-state index >= 15 is 4.79 Å². The first-order valence-corrected chi connectivity index (χ1v) is 21.5. The van der Waals surface area contributed by atoms with E-state index in [1.165, 1.54) is 7.11 Å². The van der Waals surface area contributed by atoms with Gasteiger partial charge in [0.1, 0.15) is 17.3 Å². The molecular weight excluding hydrogens is 735 g/mol. The van der Waals surface area contributed by atoms with Crippen molar-refractivity contribution < 1.29 is 34.4 Å². The van der Waals surface area contributed by atoms with Crippen molar-refractivity contribution in [1.29, 1.82) is 0 Å². The molecule has 312 valence electrons. The molecule has 0 radical (unpaired) electrons. The lowest BCUT2D eigenvalue weighted by Gasteiger charge is -2.63. The maximum Gasteiger partial charge on any atom is 0.322 e. The van der Waals surface area contributed by atoms with Crippen LogP contribution in [0.3, 0.4) is 0 Å². The third-order valence-electron chi connectivity index (χ3n) is 15.7. The number of H-pyrrole nitrogens is 1. The summed E-state index contributed by atoms with van der Waals surface area (Å²) in [7, 11) is 4.99. The predicted molar refractivity (Wildman–Crippen MR) is 222 cm³/mol. The van der Waals surface area contributed by atoms with Crippen LogP contribution in [0.4, 0.5) is 5.69 Å². The number of aromatic nitrogens is 1. The largest absolute Gasteiger partial charge is 0.496 e. The van der Waals surface area contributed by atoms with E-state index in [1.807, 2.05) is 50.9 Å². The summed E-state index contributed by atoms with van der Waals surface area (Å²) in [6.45, 7) is 9.85. The average Bonchev–Trinajstić information content (AvgIpc) is 3.89. The molecule has 3 fully saturated rings. The Labute approximate surface area is 341 Å². The summed E-state index contributed by atoms with van der Waals surface area (Å²) < 4.78 is 12.3. The summed E-state index contributed by atoms with van der Waals surface area (Å²) in [4.78, 5) is 40.4. The smallest absolute Gasteiger partial charge is 0.322 e. The standard InChI is InChI=1S/C46H61N5O7/c1-7-18-47-40(53)46(56)38-44(17-21-51-19-12-16-43(9-3,37(44)51)39(46)52)31-22-32(35(57-5)23-34(31)49(38)4)45(41(54)58-6)25-28-24-42(55,8-2)27-50(26-28)20-15-30-29-13-10-11-14-33(29)48-36(30)45/h10-14,16,22-23,28,37-39,48,52,55-56H,7-9,15,17-21,24-27H2,1-6H3,(H,47,53)/t28?,37-,38+,39+,42-,43+,44?,45-,46?/m0/s1. The van der Waals surface area contributed by atoms with E-state index in [4.69, 9.17) is 9.47 Å². The molecule has 5 aliphatic heterocycles. The molecule has 12 nitrogen and oxygen atoms in total. The topological polar surface area (TPSA) is 151 Å². The zero-order valence-corrected chi connectivity index (χ0v) is 34.9. The molecule has 1 aliphatic carbocycles. The number of carbonyl (C=O) groups excluding carboxylic acids is 2. The number of carbonyl (C=O) groups is 2. The number of hydrogen-bond acceptors (Lipinski definition) is 10. The van der Waals surface area contributed by atoms with Crippen LogP contribution >= 0.6 is 0 Å². The van der Waals surface area contributed by atoms with Gasteiger partial charge in [-0.05, 0) is 80.7 Å². The normalized spacial score (nSPS) is 37.5. The van der Waals surface area contributed by atoms with E-state index in [0.717, 1.165) is 46.5 Å².